The van der Waals surface area contributed by atoms with Gasteiger partial charge in [-0.3, -0.25) is 0 Å². The molecule has 4 rings (SSSR count). The van der Waals surface area contributed by atoms with Crippen LogP contribution in [0, 0.1) is 0 Å². The van der Waals surface area contributed by atoms with Gasteiger partial charge in [-0.15, -0.1) is 0 Å². The fourth-order valence-electron chi connectivity index (χ4n) is 4.11. The quantitative estimate of drug-likeness (QED) is 0.500. The zero-order valence-electron chi connectivity index (χ0n) is 18.3. The van der Waals surface area contributed by atoms with Crippen LogP contribution in [0.2, 0.25) is 0 Å². The summed E-state index contributed by atoms with van der Waals surface area (Å²) in [5.74, 6) is 1.18. The summed E-state index contributed by atoms with van der Waals surface area (Å²) in [5.41, 5.74) is 4.25. The number of ether oxygens (including phenoxy) is 1. The summed E-state index contributed by atoms with van der Waals surface area (Å²) in [6.07, 6.45) is 0. The molecule has 1 fully saturated rings. The third-order valence-corrected chi connectivity index (χ3v) is 7.29. The summed E-state index contributed by atoms with van der Waals surface area (Å²) in [6.45, 7) is 7.33. The number of hydrogen-bond donors (Lipinski definition) is 0. The smallest absolute Gasteiger partial charge is 0.197 e. The fraction of sp³-hybridized carbons (Fsp3) is 0.308. The first-order chi connectivity index (χ1) is 15.2. The van der Waals surface area contributed by atoms with E-state index < -0.39 is 11.2 Å². The highest BCUT2D eigenvalue weighted by molar-refractivity contribution is 7.90. The van der Waals surface area contributed by atoms with Crippen LogP contribution in [0.3, 0.4) is 0 Å². The third-order valence-electron chi connectivity index (χ3n) is 5.90. The number of methoxy groups -OCH3 is 1. The van der Waals surface area contributed by atoms with Crippen LogP contribution in [-0.4, -0.2) is 49.3 Å². The van der Waals surface area contributed by atoms with Crippen molar-refractivity contribution in [1.82, 2.24) is 4.90 Å². The van der Waals surface area contributed by atoms with Gasteiger partial charge in [0.05, 0.1) is 7.11 Å². The largest absolute Gasteiger partial charge is 0.611 e. The van der Waals surface area contributed by atoms with Crippen LogP contribution in [-0.2, 0) is 16.9 Å². The lowest BCUT2D eigenvalue weighted by atomic mass is 10.0. The Kier molecular flexibility index (Phi) is 7.17. The van der Waals surface area contributed by atoms with Gasteiger partial charge in [0.2, 0.25) is 0 Å². The van der Waals surface area contributed by atoms with Gasteiger partial charge in [-0.1, -0.05) is 67.6 Å². The minimum atomic E-state index is -1.22. The normalized spacial score (nSPS) is 15.6. The lowest BCUT2D eigenvalue weighted by molar-refractivity contribution is 0.271. The maximum Gasteiger partial charge on any atom is 0.197 e. The number of piperazine rings is 1. The van der Waals surface area contributed by atoms with Crippen molar-refractivity contribution >= 4 is 16.9 Å². The lowest BCUT2D eigenvalue weighted by Crippen LogP contribution is -2.46. The Hall–Kier alpha value is -2.47. The minimum absolute atomic E-state index is 0.471. The van der Waals surface area contributed by atoms with E-state index in [0.717, 1.165) is 60.0 Å². The molecule has 3 aromatic rings. The summed E-state index contributed by atoms with van der Waals surface area (Å²) in [5, 5.41) is 0. The fourth-order valence-corrected chi connectivity index (χ4v) is 5.41. The molecule has 5 heteroatoms. The monoisotopic (exact) mass is 434 g/mol. The summed E-state index contributed by atoms with van der Waals surface area (Å²) in [7, 11) is 1.67. The molecule has 1 unspecified atom stereocenters. The number of anilines is 1. The molecular formula is C26H30N2O2S. The van der Waals surface area contributed by atoms with Crippen LogP contribution in [0.1, 0.15) is 12.5 Å². The molecular weight excluding hydrogens is 404 g/mol. The number of benzene rings is 3. The molecule has 1 aliphatic rings. The standard InChI is InChI=1S/C26H30N2O2S/c1-3-27-14-16-28(17-15-27)23-18-24(22-12-8-5-9-13-22)26(30-2)25(19-23)31(29)20-21-10-6-4-7-11-21/h4-13,18-19H,3,14-17,20H2,1-2H3. The molecule has 0 aliphatic carbocycles. The predicted molar refractivity (Wildman–Crippen MR) is 129 cm³/mol. The highest BCUT2D eigenvalue weighted by Crippen LogP contribution is 2.40. The van der Waals surface area contributed by atoms with Gasteiger partial charge in [-0.2, -0.15) is 0 Å². The number of nitrogens with zero attached hydrogens (tertiary/aromatic N) is 2. The first-order valence-electron chi connectivity index (χ1n) is 10.9. The zero-order valence-corrected chi connectivity index (χ0v) is 19.1. The van der Waals surface area contributed by atoms with Gasteiger partial charge in [0.25, 0.3) is 0 Å². The maximum absolute atomic E-state index is 13.5. The molecule has 1 heterocycles. The number of hydrogen-bond acceptors (Lipinski definition) is 4. The molecule has 1 aliphatic heterocycles. The molecule has 0 radical (unpaired) electrons. The number of likely N-dealkylation sites (N-methyl/N-ethyl adjacent to an activating group) is 1. The Bertz CT molecular complexity index is 973. The Morgan fingerprint density at radius 2 is 1.55 bits per heavy atom. The first kappa shape index (κ1) is 21.8. The van der Waals surface area contributed by atoms with E-state index in [4.69, 9.17) is 4.74 Å². The van der Waals surface area contributed by atoms with E-state index >= 15 is 0 Å². The average Bonchev–Trinajstić information content (AvgIpc) is 2.84. The van der Waals surface area contributed by atoms with Crippen molar-refractivity contribution in [3.63, 3.8) is 0 Å². The Morgan fingerprint density at radius 3 is 2.16 bits per heavy atom. The van der Waals surface area contributed by atoms with E-state index in [0.29, 0.717) is 11.5 Å². The molecule has 0 aromatic heterocycles. The summed E-state index contributed by atoms with van der Waals surface area (Å²) in [6, 6.07) is 24.5. The SMILES string of the molecule is CCN1CCN(c2cc(-c3ccccc3)c(OC)c([S+]([O-])Cc3ccccc3)c2)CC1. The van der Waals surface area contributed by atoms with E-state index in [1.807, 2.05) is 48.5 Å². The van der Waals surface area contributed by atoms with E-state index in [9.17, 15) is 4.55 Å². The van der Waals surface area contributed by atoms with Gasteiger partial charge < -0.3 is 19.1 Å². The van der Waals surface area contributed by atoms with Gasteiger partial charge in [0, 0.05) is 49.1 Å². The van der Waals surface area contributed by atoms with Crippen molar-refractivity contribution in [2.75, 3.05) is 44.7 Å². The second-order valence-corrected chi connectivity index (χ2v) is 9.21. The summed E-state index contributed by atoms with van der Waals surface area (Å²) >= 11 is -1.22. The molecule has 162 valence electrons. The predicted octanol–water partition coefficient (Wildman–Crippen LogP) is 4.81. The average molecular weight is 435 g/mol. The van der Waals surface area contributed by atoms with Gasteiger partial charge >= 0.3 is 0 Å². The molecule has 3 aromatic carbocycles. The van der Waals surface area contributed by atoms with Gasteiger partial charge in [-0.25, -0.2) is 0 Å². The van der Waals surface area contributed by atoms with Crippen molar-refractivity contribution in [1.29, 1.82) is 0 Å². The summed E-state index contributed by atoms with van der Waals surface area (Å²) < 4.78 is 19.4. The van der Waals surface area contributed by atoms with E-state index in [1.54, 1.807) is 7.11 Å². The van der Waals surface area contributed by atoms with Crippen molar-refractivity contribution in [3.05, 3.63) is 78.4 Å². The minimum Gasteiger partial charge on any atom is -0.611 e. The second-order valence-electron chi connectivity index (χ2n) is 7.79. The number of rotatable bonds is 7. The molecule has 0 spiro atoms. The van der Waals surface area contributed by atoms with Crippen LogP contribution < -0.4 is 9.64 Å². The Balaban J connectivity index is 1.75. The first-order valence-corrected chi connectivity index (χ1v) is 12.2. The molecule has 1 saturated heterocycles. The Morgan fingerprint density at radius 1 is 0.903 bits per heavy atom. The van der Waals surface area contributed by atoms with Crippen molar-refractivity contribution in [2.45, 2.75) is 17.6 Å². The van der Waals surface area contributed by atoms with E-state index in [1.165, 1.54) is 0 Å². The van der Waals surface area contributed by atoms with Crippen molar-refractivity contribution < 1.29 is 9.29 Å². The third kappa shape index (κ3) is 5.06. The highest BCUT2D eigenvalue weighted by Gasteiger charge is 2.26. The Labute approximate surface area is 188 Å². The topological polar surface area (TPSA) is 38.8 Å². The summed E-state index contributed by atoms with van der Waals surface area (Å²) in [4.78, 5) is 5.63. The van der Waals surface area contributed by atoms with Crippen molar-refractivity contribution in [3.8, 4) is 16.9 Å². The van der Waals surface area contributed by atoms with Crippen LogP contribution in [0.4, 0.5) is 5.69 Å². The molecule has 0 bridgehead atoms. The molecule has 31 heavy (non-hydrogen) atoms. The molecule has 0 saturated carbocycles. The van der Waals surface area contributed by atoms with Crippen LogP contribution in [0.5, 0.6) is 5.75 Å². The van der Waals surface area contributed by atoms with Crippen molar-refractivity contribution in [2.24, 2.45) is 0 Å². The lowest BCUT2D eigenvalue weighted by Gasteiger charge is -2.36. The molecule has 4 nitrogen and oxygen atoms in total. The molecule has 1 atom stereocenters. The van der Waals surface area contributed by atoms with Gasteiger partial charge in [-0.05, 0) is 29.4 Å². The van der Waals surface area contributed by atoms with E-state index in [2.05, 4.69) is 41.0 Å². The van der Waals surface area contributed by atoms with Crippen LogP contribution >= 0.6 is 0 Å². The van der Waals surface area contributed by atoms with Gasteiger partial charge in [0.1, 0.15) is 5.75 Å². The van der Waals surface area contributed by atoms with E-state index in [-0.39, 0.29) is 0 Å². The van der Waals surface area contributed by atoms with Crippen LogP contribution in [0.25, 0.3) is 11.1 Å². The zero-order chi connectivity index (χ0) is 21.6. The molecule has 0 N–H and O–H groups in total. The maximum atomic E-state index is 13.5. The van der Waals surface area contributed by atoms with Gasteiger partial charge in [0.15, 0.2) is 10.6 Å². The second kappa shape index (κ2) is 10.2. The highest BCUT2D eigenvalue weighted by atomic mass is 32.2. The molecule has 0 amide bonds. The van der Waals surface area contributed by atoms with Crippen LogP contribution in [0.15, 0.2) is 77.7 Å².